The standard InChI is InChI=1S/C19H15NO3/c1-2-23-18-6-3-12-10-17-15-5-4-14(21)9-13(15)7-8-20(17)11-16(12)19(18)22/h3-11H,2H2,1H3,(H,21,22)/p+1. The van der Waals surface area contributed by atoms with Crippen molar-refractivity contribution < 1.29 is 19.4 Å². The first-order valence-electron chi connectivity index (χ1n) is 7.52. The van der Waals surface area contributed by atoms with Crippen LogP contribution in [0.1, 0.15) is 6.92 Å². The average molecular weight is 306 g/mol. The van der Waals surface area contributed by atoms with Crippen molar-refractivity contribution in [1.82, 2.24) is 0 Å². The van der Waals surface area contributed by atoms with Crippen molar-refractivity contribution >= 4 is 27.1 Å². The van der Waals surface area contributed by atoms with E-state index in [0.29, 0.717) is 12.4 Å². The van der Waals surface area contributed by atoms with E-state index in [1.54, 1.807) is 18.2 Å². The van der Waals surface area contributed by atoms with Crippen LogP contribution in [0.3, 0.4) is 0 Å². The summed E-state index contributed by atoms with van der Waals surface area (Å²) in [5.41, 5.74) is 1.01. The highest BCUT2D eigenvalue weighted by Gasteiger charge is 2.15. The monoisotopic (exact) mass is 306 g/mol. The molecule has 0 radical (unpaired) electrons. The Kier molecular flexibility index (Phi) is 2.98. The number of rotatable bonds is 2. The Morgan fingerprint density at radius 2 is 1.78 bits per heavy atom. The molecule has 0 bridgehead atoms. The van der Waals surface area contributed by atoms with Crippen molar-refractivity contribution in [1.29, 1.82) is 0 Å². The lowest BCUT2D eigenvalue weighted by Crippen LogP contribution is -2.20. The highest BCUT2D eigenvalue weighted by molar-refractivity contribution is 5.99. The molecule has 114 valence electrons. The van der Waals surface area contributed by atoms with E-state index >= 15 is 0 Å². The summed E-state index contributed by atoms with van der Waals surface area (Å²) in [7, 11) is 0. The molecule has 0 saturated carbocycles. The molecule has 2 aromatic carbocycles. The molecule has 0 aliphatic rings. The second kappa shape index (κ2) is 5.02. The lowest BCUT2D eigenvalue weighted by atomic mass is 10.1. The Hall–Kier alpha value is -3.01. The van der Waals surface area contributed by atoms with Crippen LogP contribution in [0.2, 0.25) is 0 Å². The Bertz CT molecular complexity index is 1060. The Labute approximate surface area is 132 Å². The predicted octanol–water partition coefficient (Wildman–Crippen LogP) is 3.54. The van der Waals surface area contributed by atoms with Gasteiger partial charge in [-0.3, -0.25) is 0 Å². The van der Waals surface area contributed by atoms with Gasteiger partial charge in [0, 0.05) is 12.1 Å². The van der Waals surface area contributed by atoms with Crippen LogP contribution >= 0.6 is 0 Å². The van der Waals surface area contributed by atoms with Gasteiger partial charge in [-0.15, -0.1) is 0 Å². The van der Waals surface area contributed by atoms with Gasteiger partial charge in [0.15, 0.2) is 23.9 Å². The molecule has 0 atom stereocenters. The molecule has 0 aliphatic heterocycles. The van der Waals surface area contributed by atoms with Gasteiger partial charge in [-0.25, -0.2) is 0 Å². The van der Waals surface area contributed by atoms with Gasteiger partial charge in [-0.2, -0.15) is 4.40 Å². The highest BCUT2D eigenvalue weighted by Crippen LogP contribution is 2.34. The molecule has 4 aromatic rings. The molecule has 2 aromatic heterocycles. The number of phenols is 2. The van der Waals surface area contributed by atoms with Crippen LogP contribution in [0.5, 0.6) is 17.2 Å². The van der Waals surface area contributed by atoms with Crippen molar-refractivity contribution in [3.63, 3.8) is 0 Å². The van der Waals surface area contributed by atoms with Gasteiger partial charge in [0.25, 0.3) is 0 Å². The number of fused-ring (bicyclic) bond motifs is 4. The van der Waals surface area contributed by atoms with E-state index in [2.05, 4.69) is 0 Å². The maximum absolute atomic E-state index is 10.4. The van der Waals surface area contributed by atoms with Crippen LogP contribution in [-0.4, -0.2) is 16.8 Å². The van der Waals surface area contributed by atoms with E-state index in [1.807, 2.05) is 48.0 Å². The smallest absolute Gasteiger partial charge is 0.219 e. The minimum absolute atomic E-state index is 0.157. The third kappa shape index (κ3) is 2.11. The van der Waals surface area contributed by atoms with E-state index < -0.39 is 0 Å². The summed E-state index contributed by atoms with van der Waals surface area (Å²) in [6.07, 6.45) is 3.82. The van der Waals surface area contributed by atoms with E-state index in [1.165, 1.54) is 0 Å². The zero-order chi connectivity index (χ0) is 16.0. The Balaban J connectivity index is 2.07. The third-order valence-electron chi connectivity index (χ3n) is 4.08. The minimum Gasteiger partial charge on any atom is -0.508 e. The van der Waals surface area contributed by atoms with Crippen molar-refractivity contribution in [3.05, 3.63) is 54.9 Å². The Morgan fingerprint density at radius 3 is 2.61 bits per heavy atom. The van der Waals surface area contributed by atoms with Crippen molar-refractivity contribution in [3.8, 4) is 17.2 Å². The minimum atomic E-state index is 0.157. The lowest BCUT2D eigenvalue weighted by Gasteiger charge is -2.08. The number of benzene rings is 2. The fourth-order valence-electron chi connectivity index (χ4n) is 2.99. The second-order valence-corrected chi connectivity index (χ2v) is 5.50. The number of aromatic nitrogens is 1. The molecular formula is C19H16NO3+. The molecule has 0 fully saturated rings. The molecule has 4 rings (SSSR count). The van der Waals surface area contributed by atoms with Crippen LogP contribution in [0.4, 0.5) is 0 Å². The molecule has 0 aliphatic carbocycles. The number of ether oxygens (including phenoxy) is 1. The number of phenolic OH excluding ortho intramolecular Hbond substituents is 2. The SMILES string of the molecule is CCOc1ccc2cc3c4ccc(O)cc4cc[n+]3cc2c1O. The molecule has 2 heterocycles. The van der Waals surface area contributed by atoms with E-state index in [0.717, 1.165) is 27.1 Å². The number of hydrogen-bond acceptors (Lipinski definition) is 3. The largest absolute Gasteiger partial charge is 0.508 e. The van der Waals surface area contributed by atoms with E-state index in [4.69, 9.17) is 4.74 Å². The van der Waals surface area contributed by atoms with Gasteiger partial charge in [-0.1, -0.05) is 0 Å². The summed E-state index contributed by atoms with van der Waals surface area (Å²) in [6, 6.07) is 13.0. The molecule has 0 amide bonds. The quantitative estimate of drug-likeness (QED) is 0.338. The average Bonchev–Trinajstić information content (AvgIpc) is 2.56. The zero-order valence-electron chi connectivity index (χ0n) is 12.7. The number of aromatic hydroxyl groups is 2. The normalized spacial score (nSPS) is 11.3. The van der Waals surface area contributed by atoms with Crippen LogP contribution < -0.4 is 9.14 Å². The summed E-state index contributed by atoms with van der Waals surface area (Å²) in [6.45, 7) is 2.40. The zero-order valence-corrected chi connectivity index (χ0v) is 12.7. The highest BCUT2D eigenvalue weighted by atomic mass is 16.5. The van der Waals surface area contributed by atoms with Crippen LogP contribution in [0, 0.1) is 0 Å². The van der Waals surface area contributed by atoms with Crippen molar-refractivity contribution in [2.75, 3.05) is 6.61 Å². The first-order valence-corrected chi connectivity index (χ1v) is 7.52. The van der Waals surface area contributed by atoms with Crippen LogP contribution in [-0.2, 0) is 0 Å². The first-order chi connectivity index (χ1) is 11.2. The van der Waals surface area contributed by atoms with E-state index in [-0.39, 0.29) is 11.5 Å². The molecule has 0 unspecified atom stereocenters. The summed E-state index contributed by atoms with van der Waals surface area (Å²) in [4.78, 5) is 0. The first kappa shape index (κ1) is 13.6. The van der Waals surface area contributed by atoms with E-state index in [9.17, 15) is 10.2 Å². The fourth-order valence-corrected chi connectivity index (χ4v) is 2.99. The fraction of sp³-hybridized carbons (Fsp3) is 0.105. The predicted molar refractivity (Wildman–Crippen MR) is 89.1 cm³/mol. The third-order valence-corrected chi connectivity index (χ3v) is 4.08. The summed E-state index contributed by atoms with van der Waals surface area (Å²) < 4.78 is 7.42. The topological polar surface area (TPSA) is 53.8 Å². The van der Waals surface area contributed by atoms with Crippen molar-refractivity contribution in [2.45, 2.75) is 6.92 Å². The molecule has 23 heavy (non-hydrogen) atoms. The maximum atomic E-state index is 10.4. The number of nitrogens with zero attached hydrogens (tertiary/aromatic N) is 1. The van der Waals surface area contributed by atoms with Gasteiger partial charge < -0.3 is 14.9 Å². The molecule has 4 heteroatoms. The molecular weight excluding hydrogens is 290 g/mol. The van der Waals surface area contributed by atoms with Crippen LogP contribution in [0.15, 0.2) is 54.9 Å². The maximum Gasteiger partial charge on any atom is 0.219 e. The lowest BCUT2D eigenvalue weighted by molar-refractivity contribution is -0.509. The number of pyridine rings is 2. The van der Waals surface area contributed by atoms with Crippen molar-refractivity contribution in [2.24, 2.45) is 0 Å². The number of hydrogen-bond donors (Lipinski definition) is 2. The molecule has 2 N–H and O–H groups in total. The summed E-state index contributed by atoms with van der Waals surface area (Å²) in [5.74, 6) is 0.900. The summed E-state index contributed by atoms with van der Waals surface area (Å²) >= 11 is 0. The van der Waals surface area contributed by atoms with Gasteiger partial charge in [0.1, 0.15) is 5.75 Å². The van der Waals surface area contributed by atoms with Gasteiger partial charge in [-0.05, 0) is 48.0 Å². The molecule has 0 saturated heterocycles. The summed E-state index contributed by atoms with van der Waals surface area (Å²) in [5, 5.41) is 23.7. The molecule has 0 spiro atoms. The molecule has 4 nitrogen and oxygen atoms in total. The van der Waals surface area contributed by atoms with Gasteiger partial charge >= 0.3 is 0 Å². The van der Waals surface area contributed by atoms with Gasteiger partial charge in [0.05, 0.1) is 17.4 Å². The Morgan fingerprint density at radius 1 is 0.957 bits per heavy atom. The second-order valence-electron chi connectivity index (χ2n) is 5.50. The van der Waals surface area contributed by atoms with Crippen LogP contribution in [0.25, 0.3) is 27.1 Å². The van der Waals surface area contributed by atoms with Gasteiger partial charge in [0.2, 0.25) is 5.52 Å².